The Morgan fingerprint density at radius 1 is 1.37 bits per heavy atom. The van der Waals surface area contributed by atoms with Crippen LogP contribution in [0.4, 0.5) is 5.69 Å². The van der Waals surface area contributed by atoms with Crippen molar-refractivity contribution in [3.05, 3.63) is 11.3 Å². The molecule has 1 heterocycles. The van der Waals surface area contributed by atoms with Gasteiger partial charge < -0.3 is 31.5 Å². The fourth-order valence-electron chi connectivity index (χ4n) is 1.96. The highest BCUT2D eigenvalue weighted by atomic mass is 35.5. The Balaban J connectivity index is 0.000000408. The summed E-state index contributed by atoms with van der Waals surface area (Å²) in [6.07, 6.45) is 6.02. The van der Waals surface area contributed by atoms with Gasteiger partial charge in [0, 0.05) is 11.8 Å². The largest absolute Gasteiger partial charge is 0.395 e. The molecule has 0 aromatic carbocycles. The van der Waals surface area contributed by atoms with E-state index in [0.29, 0.717) is 34.7 Å². The summed E-state index contributed by atoms with van der Waals surface area (Å²) in [7, 11) is 0. The maximum atomic E-state index is 8.44. The van der Waals surface area contributed by atoms with Crippen LogP contribution in [0.1, 0.15) is 46.5 Å². The Morgan fingerprint density at radius 2 is 2.00 bits per heavy atom. The van der Waals surface area contributed by atoms with Crippen molar-refractivity contribution in [2.24, 2.45) is 5.73 Å². The summed E-state index contributed by atoms with van der Waals surface area (Å²) in [6.45, 7) is 5.27. The molecule has 27 heavy (non-hydrogen) atoms. The number of anilines is 1. The number of halogens is 1. The van der Waals surface area contributed by atoms with Crippen LogP contribution in [0.2, 0.25) is 5.15 Å². The third kappa shape index (κ3) is 16.0. The van der Waals surface area contributed by atoms with E-state index in [9.17, 15) is 0 Å². The van der Waals surface area contributed by atoms with Crippen molar-refractivity contribution < 1.29 is 20.1 Å². The van der Waals surface area contributed by atoms with Crippen LogP contribution >= 0.6 is 23.4 Å². The van der Waals surface area contributed by atoms with Crippen molar-refractivity contribution in [2.45, 2.75) is 69.5 Å². The maximum Gasteiger partial charge on any atom is 0.189 e. The molecule has 0 aliphatic heterocycles. The molecule has 1 aromatic heterocycles. The van der Waals surface area contributed by atoms with E-state index in [2.05, 4.69) is 16.9 Å². The zero-order valence-corrected chi connectivity index (χ0v) is 17.8. The molecule has 2 unspecified atom stereocenters. The predicted octanol–water partition coefficient (Wildman–Crippen LogP) is 1.80. The topological polar surface area (TPSA) is 148 Å². The van der Waals surface area contributed by atoms with Crippen molar-refractivity contribution in [2.75, 3.05) is 24.7 Å². The highest BCUT2D eigenvalue weighted by Gasteiger charge is 2.21. The van der Waals surface area contributed by atoms with Crippen LogP contribution in [0, 0.1) is 0 Å². The van der Waals surface area contributed by atoms with Gasteiger partial charge in [-0.25, -0.2) is 9.97 Å². The fourth-order valence-corrected chi connectivity index (χ4v) is 2.81. The second-order valence-corrected chi connectivity index (χ2v) is 7.95. The molecular formula is C17H33ClN4O4S. The predicted molar refractivity (Wildman–Crippen MR) is 110 cm³/mol. The number of hydrogen-bond acceptors (Lipinski definition) is 9. The Bertz CT molecular complexity index is 514. The summed E-state index contributed by atoms with van der Waals surface area (Å²) in [5, 5.41) is 25.6. The van der Waals surface area contributed by atoms with Gasteiger partial charge in [0.25, 0.3) is 0 Å². The first-order valence-corrected chi connectivity index (χ1v) is 10.3. The molecule has 1 aliphatic rings. The smallest absolute Gasteiger partial charge is 0.189 e. The number of thioether (sulfide) groups is 1. The van der Waals surface area contributed by atoms with Gasteiger partial charge in [-0.1, -0.05) is 30.3 Å². The molecule has 1 aromatic rings. The van der Waals surface area contributed by atoms with Crippen molar-refractivity contribution >= 4 is 29.1 Å². The average molecular weight is 425 g/mol. The number of hydrogen-bond donors (Lipinski definition) is 5. The van der Waals surface area contributed by atoms with E-state index in [4.69, 9.17) is 43.1 Å². The normalized spacial score (nSPS) is 19.0. The number of nitrogen functional groups attached to an aromatic ring is 1. The Kier molecular flexibility index (Phi) is 14.0. The number of ether oxygens (including phenoxy) is 1. The van der Waals surface area contributed by atoms with Crippen molar-refractivity contribution in [1.82, 2.24) is 9.97 Å². The molecule has 10 heteroatoms. The molecule has 1 aliphatic carbocycles. The maximum absolute atomic E-state index is 8.44. The van der Waals surface area contributed by atoms with Crippen molar-refractivity contribution in [3.8, 4) is 0 Å². The second-order valence-electron chi connectivity index (χ2n) is 6.53. The summed E-state index contributed by atoms with van der Waals surface area (Å²) in [6, 6.07) is 0.323. The molecule has 1 saturated carbocycles. The first kappa shape index (κ1) is 26.3. The zero-order chi connectivity index (χ0) is 20.9. The van der Waals surface area contributed by atoms with Crippen molar-refractivity contribution in [1.29, 1.82) is 0 Å². The summed E-state index contributed by atoms with van der Waals surface area (Å²) >= 11 is 7.28. The minimum atomic E-state index is -1.50. The van der Waals surface area contributed by atoms with Crippen LogP contribution in [0.25, 0.3) is 0 Å². The first-order chi connectivity index (χ1) is 12.6. The van der Waals surface area contributed by atoms with Gasteiger partial charge in [-0.3, -0.25) is 0 Å². The minimum absolute atomic E-state index is 0.117. The van der Waals surface area contributed by atoms with Gasteiger partial charge >= 0.3 is 0 Å². The number of aliphatic hydroxyl groups is 3. The van der Waals surface area contributed by atoms with Crippen LogP contribution in [-0.2, 0) is 4.74 Å². The summed E-state index contributed by atoms with van der Waals surface area (Å²) < 4.78 is 5.29. The third-order valence-electron chi connectivity index (χ3n) is 3.05. The lowest BCUT2D eigenvalue weighted by Crippen LogP contribution is -2.18. The van der Waals surface area contributed by atoms with Gasteiger partial charge in [0.1, 0.15) is 0 Å². The Labute approximate surface area is 170 Å². The number of aliphatic hydroxyl groups excluding tert-OH is 1. The highest BCUT2D eigenvalue weighted by molar-refractivity contribution is 7.99. The molecule has 158 valence electrons. The lowest BCUT2D eigenvalue weighted by molar-refractivity contribution is -0.127. The monoisotopic (exact) mass is 424 g/mol. The number of nitrogens with zero attached hydrogens (tertiary/aromatic N) is 2. The van der Waals surface area contributed by atoms with Crippen LogP contribution in [0.15, 0.2) is 11.4 Å². The van der Waals surface area contributed by atoms with E-state index in [1.54, 1.807) is 11.8 Å². The molecule has 2 atom stereocenters. The Morgan fingerprint density at radius 3 is 2.44 bits per heavy atom. The van der Waals surface area contributed by atoms with Gasteiger partial charge in [0.15, 0.2) is 16.1 Å². The molecule has 0 radical (unpaired) electrons. The summed E-state index contributed by atoms with van der Waals surface area (Å²) in [4.78, 5) is 8.02. The summed E-state index contributed by atoms with van der Waals surface area (Å²) in [5.41, 5.74) is 11.5. The van der Waals surface area contributed by atoms with E-state index < -0.39 is 5.79 Å². The quantitative estimate of drug-likeness (QED) is 0.199. The van der Waals surface area contributed by atoms with Gasteiger partial charge in [0.05, 0.1) is 31.2 Å². The van der Waals surface area contributed by atoms with Crippen LogP contribution in [0.3, 0.4) is 0 Å². The standard InChI is InChI=1S/C7H10ClN3S.C7H15NO2.C3H8O2/c1-2-3-12-7-10-4-5(9)6(8)11-7;8-6-1-2-7(5-6)10-4-3-9;1-3(2,4)5/h4H,2-3,9H2,1H3;6-7,9H,1-5,8H2;4-5H,1-2H3. The van der Waals surface area contributed by atoms with E-state index in [0.717, 1.165) is 31.4 Å². The molecule has 1 fully saturated rings. The first-order valence-electron chi connectivity index (χ1n) is 8.90. The number of aromatic nitrogens is 2. The van der Waals surface area contributed by atoms with E-state index in [1.165, 1.54) is 20.0 Å². The lowest BCUT2D eigenvalue weighted by Gasteiger charge is -2.08. The van der Waals surface area contributed by atoms with Crippen LogP contribution < -0.4 is 11.5 Å². The Hall–Kier alpha value is -0.680. The zero-order valence-electron chi connectivity index (χ0n) is 16.3. The molecule has 2 rings (SSSR count). The second kappa shape index (κ2) is 14.3. The van der Waals surface area contributed by atoms with Gasteiger partial charge in [-0.2, -0.15) is 0 Å². The van der Waals surface area contributed by atoms with Gasteiger partial charge in [-0.15, -0.1) is 0 Å². The molecule has 0 spiro atoms. The third-order valence-corrected chi connectivity index (χ3v) is 4.42. The lowest BCUT2D eigenvalue weighted by atomic mass is 10.3. The molecule has 0 amide bonds. The molecule has 0 saturated heterocycles. The molecule has 8 nitrogen and oxygen atoms in total. The SMILES string of the molecule is CC(C)(O)O.CCCSc1ncc(N)c(Cl)n1.NC1CCC(OCCO)C1. The molecular weight excluding hydrogens is 392 g/mol. The highest BCUT2D eigenvalue weighted by Crippen LogP contribution is 2.20. The van der Waals surface area contributed by atoms with E-state index >= 15 is 0 Å². The molecule has 7 N–H and O–H groups in total. The fraction of sp³-hybridized carbons (Fsp3) is 0.765. The number of rotatable bonds is 6. The van der Waals surface area contributed by atoms with Crippen LogP contribution in [-0.4, -0.2) is 62.2 Å². The minimum Gasteiger partial charge on any atom is -0.395 e. The average Bonchev–Trinajstić information content (AvgIpc) is 2.98. The van der Waals surface area contributed by atoms with Gasteiger partial charge in [0.2, 0.25) is 0 Å². The van der Waals surface area contributed by atoms with E-state index in [1.807, 2.05) is 0 Å². The van der Waals surface area contributed by atoms with Gasteiger partial charge in [-0.05, 0) is 39.5 Å². The van der Waals surface area contributed by atoms with Crippen molar-refractivity contribution in [3.63, 3.8) is 0 Å². The van der Waals surface area contributed by atoms with E-state index in [-0.39, 0.29) is 6.61 Å². The summed E-state index contributed by atoms with van der Waals surface area (Å²) in [5.74, 6) is -0.500. The van der Waals surface area contributed by atoms with Crippen LogP contribution in [0.5, 0.6) is 0 Å². The molecule has 0 bridgehead atoms. The number of nitrogens with two attached hydrogens (primary N) is 2.